The molecule has 1 aliphatic carbocycles. The molecule has 0 unspecified atom stereocenters. The Kier molecular flexibility index (Phi) is 5.63. The first-order chi connectivity index (χ1) is 14.3. The molecular weight excluding hydrogens is 432 g/mol. The summed E-state index contributed by atoms with van der Waals surface area (Å²) >= 11 is 5.91. The lowest BCUT2D eigenvalue weighted by Crippen LogP contribution is -2.41. The Hall–Kier alpha value is -2.32. The van der Waals surface area contributed by atoms with E-state index in [1.807, 2.05) is 0 Å². The van der Waals surface area contributed by atoms with E-state index in [4.69, 9.17) is 11.6 Å². The summed E-state index contributed by atoms with van der Waals surface area (Å²) in [6.07, 6.45) is 4.47. The molecule has 0 atom stereocenters. The van der Waals surface area contributed by atoms with E-state index in [2.05, 4.69) is 10.1 Å². The van der Waals surface area contributed by atoms with Crippen molar-refractivity contribution in [1.29, 1.82) is 0 Å². The maximum absolute atomic E-state index is 14.8. The molecule has 0 aliphatic heterocycles. The summed E-state index contributed by atoms with van der Waals surface area (Å²) in [7, 11) is -4.02. The zero-order valence-electron chi connectivity index (χ0n) is 16.0. The molecule has 2 aromatic carbocycles. The van der Waals surface area contributed by atoms with Crippen molar-refractivity contribution in [3.8, 4) is 0 Å². The highest BCUT2D eigenvalue weighted by molar-refractivity contribution is 7.92. The van der Waals surface area contributed by atoms with E-state index in [0.717, 1.165) is 18.2 Å². The minimum Gasteiger partial charge on any atom is -0.253 e. The van der Waals surface area contributed by atoms with Gasteiger partial charge in [-0.25, -0.2) is 22.2 Å². The minimum atomic E-state index is -4.02. The molecule has 5 nitrogen and oxygen atoms in total. The third-order valence-corrected chi connectivity index (χ3v) is 8.68. The van der Waals surface area contributed by atoms with Crippen LogP contribution < -0.4 is 0 Å². The minimum absolute atomic E-state index is 0.0466. The van der Waals surface area contributed by atoms with Gasteiger partial charge in [0.25, 0.3) is 0 Å². The molecule has 30 heavy (non-hydrogen) atoms. The van der Waals surface area contributed by atoms with E-state index in [9.17, 15) is 17.2 Å². The van der Waals surface area contributed by atoms with Crippen LogP contribution >= 0.6 is 11.6 Å². The number of hydrogen-bond donors (Lipinski definition) is 0. The van der Waals surface area contributed by atoms with Crippen molar-refractivity contribution in [2.75, 3.05) is 0 Å². The van der Waals surface area contributed by atoms with Gasteiger partial charge in [-0.15, -0.1) is 0 Å². The van der Waals surface area contributed by atoms with Gasteiger partial charge in [0.1, 0.15) is 29.0 Å². The summed E-state index contributed by atoms with van der Waals surface area (Å²) in [6.45, 7) is 0.600. The standard InChI is InChI=1S/C21H20ClF2N3O2S/c22-16-1-4-18(5-2-16)30(28,29)21(19-11-17(23)3-6-20(19)24)9-7-15(8-10-21)12-27-14-25-13-26-27/h1-6,11,13-15H,7-10,12H2. The molecule has 158 valence electrons. The molecule has 0 bridgehead atoms. The van der Waals surface area contributed by atoms with Crippen LogP contribution in [0, 0.1) is 17.6 Å². The number of benzene rings is 2. The third kappa shape index (κ3) is 3.74. The summed E-state index contributed by atoms with van der Waals surface area (Å²) in [5, 5.41) is 4.50. The van der Waals surface area contributed by atoms with Gasteiger partial charge in [0, 0.05) is 17.1 Å². The van der Waals surface area contributed by atoms with Gasteiger partial charge < -0.3 is 0 Å². The molecule has 9 heteroatoms. The van der Waals surface area contributed by atoms with E-state index in [1.54, 1.807) is 11.0 Å². The fourth-order valence-corrected chi connectivity index (χ4v) is 6.58. The second kappa shape index (κ2) is 8.07. The van der Waals surface area contributed by atoms with E-state index >= 15 is 0 Å². The van der Waals surface area contributed by atoms with Gasteiger partial charge in [0.15, 0.2) is 9.84 Å². The summed E-state index contributed by atoms with van der Waals surface area (Å²) < 4.78 is 56.5. The number of rotatable bonds is 5. The van der Waals surface area contributed by atoms with E-state index in [0.29, 0.717) is 24.4 Å². The number of sulfone groups is 1. The molecule has 0 saturated heterocycles. The van der Waals surface area contributed by atoms with Gasteiger partial charge in [0.05, 0.1) is 4.90 Å². The number of nitrogens with zero attached hydrogens (tertiary/aromatic N) is 3. The predicted molar refractivity (Wildman–Crippen MR) is 109 cm³/mol. The second-order valence-corrected chi connectivity index (χ2v) is 10.3. The van der Waals surface area contributed by atoms with Crippen molar-refractivity contribution in [3.63, 3.8) is 0 Å². The van der Waals surface area contributed by atoms with Gasteiger partial charge in [-0.1, -0.05) is 11.6 Å². The first-order valence-electron chi connectivity index (χ1n) is 9.60. The molecule has 0 spiro atoms. The van der Waals surface area contributed by atoms with Gasteiger partial charge in [-0.3, -0.25) is 4.68 Å². The summed E-state index contributed by atoms with van der Waals surface area (Å²) in [5.74, 6) is -1.22. The molecule has 0 amide bonds. The van der Waals surface area contributed by atoms with Crippen LogP contribution in [-0.2, 0) is 21.1 Å². The van der Waals surface area contributed by atoms with Crippen LogP contribution in [0.5, 0.6) is 0 Å². The molecule has 0 N–H and O–H groups in total. The van der Waals surface area contributed by atoms with Gasteiger partial charge in [-0.05, 0) is 74.1 Å². The Morgan fingerprint density at radius 2 is 1.80 bits per heavy atom. The number of hydrogen-bond acceptors (Lipinski definition) is 4. The second-order valence-electron chi connectivity index (χ2n) is 7.64. The Bertz CT molecular complexity index is 1130. The average Bonchev–Trinajstić information content (AvgIpc) is 3.24. The van der Waals surface area contributed by atoms with E-state index in [1.165, 1.54) is 30.6 Å². The van der Waals surface area contributed by atoms with Crippen LogP contribution in [0.15, 0.2) is 60.0 Å². The summed E-state index contributed by atoms with van der Waals surface area (Å²) in [6, 6.07) is 8.81. The van der Waals surface area contributed by atoms with Gasteiger partial charge >= 0.3 is 0 Å². The summed E-state index contributed by atoms with van der Waals surface area (Å²) in [5.41, 5.74) is -0.114. The molecule has 1 saturated carbocycles. The molecule has 0 radical (unpaired) electrons. The lowest BCUT2D eigenvalue weighted by atomic mass is 9.77. The Morgan fingerprint density at radius 3 is 2.43 bits per heavy atom. The van der Waals surface area contributed by atoms with Crippen LogP contribution in [0.3, 0.4) is 0 Å². The highest BCUT2D eigenvalue weighted by Gasteiger charge is 2.50. The average molecular weight is 452 g/mol. The van der Waals surface area contributed by atoms with Crippen molar-refractivity contribution in [1.82, 2.24) is 14.8 Å². The number of aromatic nitrogens is 3. The lowest BCUT2D eigenvalue weighted by molar-refractivity contribution is 0.256. The molecule has 1 heterocycles. The molecular formula is C21H20ClF2N3O2S. The van der Waals surface area contributed by atoms with Crippen LogP contribution in [0.1, 0.15) is 31.2 Å². The molecule has 1 aromatic heterocycles. The van der Waals surface area contributed by atoms with Crippen LogP contribution in [0.25, 0.3) is 0 Å². The van der Waals surface area contributed by atoms with Crippen molar-refractivity contribution < 1.29 is 17.2 Å². The van der Waals surface area contributed by atoms with E-state index in [-0.39, 0.29) is 29.2 Å². The fraction of sp³-hybridized carbons (Fsp3) is 0.333. The predicted octanol–water partition coefficient (Wildman–Crippen LogP) is 4.77. The van der Waals surface area contributed by atoms with Crippen molar-refractivity contribution in [2.24, 2.45) is 5.92 Å². The van der Waals surface area contributed by atoms with E-state index < -0.39 is 26.2 Å². The molecule has 4 rings (SSSR count). The molecule has 1 aliphatic rings. The zero-order valence-corrected chi connectivity index (χ0v) is 17.6. The monoisotopic (exact) mass is 451 g/mol. The first-order valence-corrected chi connectivity index (χ1v) is 11.5. The quantitative estimate of drug-likeness (QED) is 0.560. The van der Waals surface area contributed by atoms with Crippen LogP contribution in [-0.4, -0.2) is 23.2 Å². The van der Waals surface area contributed by atoms with Crippen molar-refractivity contribution in [3.05, 3.63) is 77.3 Å². The fourth-order valence-electron chi connectivity index (χ4n) is 4.29. The highest BCUT2D eigenvalue weighted by atomic mass is 35.5. The molecule has 1 fully saturated rings. The van der Waals surface area contributed by atoms with Crippen molar-refractivity contribution >= 4 is 21.4 Å². The van der Waals surface area contributed by atoms with Crippen LogP contribution in [0.2, 0.25) is 5.02 Å². The SMILES string of the molecule is O=S(=O)(c1ccc(Cl)cc1)C1(c2cc(F)ccc2F)CCC(Cn2cncn2)CC1. The largest absolute Gasteiger partial charge is 0.253 e. The Labute approximate surface area is 178 Å². The Morgan fingerprint density at radius 1 is 1.10 bits per heavy atom. The highest BCUT2D eigenvalue weighted by Crippen LogP contribution is 2.49. The first kappa shape index (κ1) is 20.9. The smallest absolute Gasteiger partial charge is 0.188 e. The maximum atomic E-state index is 14.8. The zero-order chi connectivity index (χ0) is 21.4. The number of halogens is 3. The normalized spacial score (nSPS) is 22.2. The maximum Gasteiger partial charge on any atom is 0.188 e. The van der Waals surface area contributed by atoms with Crippen molar-refractivity contribution in [2.45, 2.75) is 41.9 Å². The molecule has 3 aromatic rings. The third-order valence-electron chi connectivity index (χ3n) is 5.88. The van der Waals surface area contributed by atoms with Gasteiger partial charge in [0.2, 0.25) is 0 Å². The van der Waals surface area contributed by atoms with Gasteiger partial charge in [-0.2, -0.15) is 5.10 Å². The topological polar surface area (TPSA) is 64.8 Å². The summed E-state index contributed by atoms with van der Waals surface area (Å²) in [4.78, 5) is 3.97. The Balaban J connectivity index is 1.75. The lowest BCUT2D eigenvalue weighted by Gasteiger charge is -2.40. The van der Waals surface area contributed by atoms with Crippen LogP contribution in [0.4, 0.5) is 8.78 Å².